The van der Waals surface area contributed by atoms with Gasteiger partial charge in [-0.25, -0.2) is 21.6 Å². The van der Waals surface area contributed by atoms with Gasteiger partial charge in [0.15, 0.2) is 0 Å². The van der Waals surface area contributed by atoms with Crippen LogP contribution in [0.2, 0.25) is 0 Å². The lowest BCUT2D eigenvalue weighted by molar-refractivity contribution is 0.408. The van der Waals surface area contributed by atoms with Gasteiger partial charge in [0.05, 0.1) is 17.8 Å². The first kappa shape index (κ1) is 16.2. The number of halogens is 1. The third-order valence-corrected chi connectivity index (χ3v) is 5.09. The standard InChI is InChI=1S/C10H14ClNO5S2/c1-3-18(13,14)12-7-8-6-9(19(11,15)16)4-5-10(8)17-2/h4-6,12H,3,7H2,1-2H3. The van der Waals surface area contributed by atoms with Gasteiger partial charge in [-0.1, -0.05) is 0 Å². The molecule has 6 nitrogen and oxygen atoms in total. The van der Waals surface area contributed by atoms with E-state index in [1.54, 1.807) is 0 Å². The molecule has 0 fully saturated rings. The Bertz CT molecular complexity index is 654. The van der Waals surface area contributed by atoms with E-state index < -0.39 is 19.1 Å². The Kier molecular flexibility index (Phi) is 5.19. The van der Waals surface area contributed by atoms with Crippen LogP contribution in [0, 0.1) is 0 Å². The molecule has 1 N–H and O–H groups in total. The average molecular weight is 328 g/mol. The molecular formula is C10H14ClNO5S2. The topological polar surface area (TPSA) is 89.5 Å². The van der Waals surface area contributed by atoms with E-state index in [1.165, 1.54) is 32.2 Å². The summed E-state index contributed by atoms with van der Waals surface area (Å²) in [6.45, 7) is 1.43. The number of hydrogen-bond acceptors (Lipinski definition) is 5. The second-order valence-electron chi connectivity index (χ2n) is 3.64. The molecule has 0 aliphatic carbocycles. The van der Waals surface area contributed by atoms with Crippen molar-refractivity contribution in [2.24, 2.45) is 0 Å². The van der Waals surface area contributed by atoms with Crippen LogP contribution in [-0.2, 0) is 25.6 Å². The molecule has 108 valence electrons. The minimum Gasteiger partial charge on any atom is -0.496 e. The first-order valence-electron chi connectivity index (χ1n) is 5.28. The Morgan fingerprint density at radius 1 is 1.26 bits per heavy atom. The highest BCUT2D eigenvalue weighted by Gasteiger charge is 2.15. The fourth-order valence-corrected chi connectivity index (χ4v) is 2.72. The Balaban J connectivity index is 3.11. The van der Waals surface area contributed by atoms with Gasteiger partial charge in [-0.2, -0.15) is 0 Å². The lowest BCUT2D eigenvalue weighted by atomic mass is 10.2. The molecule has 0 saturated carbocycles. The fourth-order valence-electron chi connectivity index (χ4n) is 1.33. The van der Waals surface area contributed by atoms with E-state index in [0.717, 1.165) is 0 Å². The molecule has 0 aromatic heterocycles. The Morgan fingerprint density at radius 2 is 1.89 bits per heavy atom. The molecule has 0 saturated heterocycles. The van der Waals surface area contributed by atoms with Gasteiger partial charge in [0, 0.05) is 22.8 Å². The molecule has 1 aromatic carbocycles. The van der Waals surface area contributed by atoms with E-state index in [1.807, 2.05) is 0 Å². The number of hydrogen-bond donors (Lipinski definition) is 1. The number of benzene rings is 1. The van der Waals surface area contributed by atoms with Crippen LogP contribution in [0.3, 0.4) is 0 Å². The highest BCUT2D eigenvalue weighted by Crippen LogP contribution is 2.24. The maximum atomic E-state index is 11.4. The molecule has 9 heteroatoms. The number of sulfonamides is 1. The fraction of sp³-hybridized carbons (Fsp3) is 0.400. The van der Waals surface area contributed by atoms with Crippen LogP contribution >= 0.6 is 10.7 Å². The van der Waals surface area contributed by atoms with Crippen LogP contribution < -0.4 is 9.46 Å². The van der Waals surface area contributed by atoms with Crippen molar-refractivity contribution < 1.29 is 21.6 Å². The Morgan fingerprint density at radius 3 is 2.37 bits per heavy atom. The quantitative estimate of drug-likeness (QED) is 0.789. The predicted octanol–water partition coefficient (Wildman–Crippen LogP) is 1.06. The van der Waals surface area contributed by atoms with Crippen molar-refractivity contribution >= 4 is 29.8 Å². The first-order valence-corrected chi connectivity index (χ1v) is 9.24. The number of methoxy groups -OCH3 is 1. The number of rotatable bonds is 6. The van der Waals surface area contributed by atoms with Crippen LogP contribution in [0.4, 0.5) is 0 Å². The highest BCUT2D eigenvalue weighted by molar-refractivity contribution is 8.13. The summed E-state index contributed by atoms with van der Waals surface area (Å²) in [6, 6.07) is 3.99. The molecule has 19 heavy (non-hydrogen) atoms. The summed E-state index contributed by atoms with van der Waals surface area (Å²) in [4.78, 5) is -0.110. The number of nitrogens with one attached hydrogen (secondary N) is 1. The maximum absolute atomic E-state index is 11.4. The molecule has 0 bridgehead atoms. The van der Waals surface area contributed by atoms with Crippen LogP contribution in [0.15, 0.2) is 23.1 Å². The molecule has 1 rings (SSSR count). The van der Waals surface area contributed by atoms with Crippen molar-refractivity contribution in [2.75, 3.05) is 12.9 Å². The van der Waals surface area contributed by atoms with Gasteiger partial charge in [0.25, 0.3) is 9.05 Å². The van der Waals surface area contributed by atoms with Crippen molar-refractivity contribution in [2.45, 2.75) is 18.4 Å². The molecule has 0 spiro atoms. The van der Waals surface area contributed by atoms with E-state index in [2.05, 4.69) is 4.72 Å². The lowest BCUT2D eigenvalue weighted by Crippen LogP contribution is -2.25. The molecule has 0 unspecified atom stereocenters. The minimum atomic E-state index is -3.87. The van der Waals surface area contributed by atoms with Crippen molar-refractivity contribution in [1.29, 1.82) is 0 Å². The van der Waals surface area contributed by atoms with Gasteiger partial charge in [0.1, 0.15) is 5.75 Å². The van der Waals surface area contributed by atoms with E-state index in [4.69, 9.17) is 15.4 Å². The molecule has 0 aliphatic rings. The zero-order chi connectivity index (χ0) is 14.7. The summed E-state index contributed by atoms with van der Waals surface area (Å²) in [5.41, 5.74) is 0.390. The third-order valence-electron chi connectivity index (χ3n) is 2.40. The third kappa shape index (κ3) is 4.64. The molecule has 0 atom stereocenters. The minimum absolute atomic E-state index is 0.0667. The van der Waals surface area contributed by atoms with Gasteiger partial charge in [-0.3, -0.25) is 0 Å². The Labute approximate surface area is 117 Å². The summed E-state index contributed by atoms with van der Waals surface area (Å²) in [7, 11) is -0.608. The SMILES string of the molecule is CCS(=O)(=O)NCc1cc(S(=O)(=O)Cl)ccc1OC. The summed E-state index contributed by atoms with van der Waals surface area (Å²) in [5, 5.41) is 0. The van der Waals surface area contributed by atoms with Crippen LogP contribution in [0.1, 0.15) is 12.5 Å². The van der Waals surface area contributed by atoms with E-state index in [-0.39, 0.29) is 17.2 Å². The molecule has 0 radical (unpaired) electrons. The van der Waals surface area contributed by atoms with E-state index >= 15 is 0 Å². The maximum Gasteiger partial charge on any atom is 0.261 e. The summed E-state index contributed by atoms with van der Waals surface area (Å²) in [5.74, 6) is 0.311. The predicted molar refractivity (Wildman–Crippen MR) is 72.3 cm³/mol. The molecule has 1 aromatic rings. The monoisotopic (exact) mass is 327 g/mol. The number of ether oxygens (including phenoxy) is 1. The van der Waals surface area contributed by atoms with Crippen LogP contribution in [0.5, 0.6) is 5.75 Å². The normalized spacial score (nSPS) is 12.4. The molecule has 0 aliphatic heterocycles. The molecule has 0 amide bonds. The average Bonchev–Trinajstić information content (AvgIpc) is 2.35. The second kappa shape index (κ2) is 6.08. The zero-order valence-corrected chi connectivity index (χ0v) is 12.8. The van der Waals surface area contributed by atoms with Crippen LogP contribution in [0.25, 0.3) is 0 Å². The van der Waals surface area contributed by atoms with Gasteiger partial charge >= 0.3 is 0 Å². The van der Waals surface area contributed by atoms with Crippen molar-refractivity contribution in [3.63, 3.8) is 0 Å². The van der Waals surface area contributed by atoms with Gasteiger partial charge < -0.3 is 4.74 Å². The van der Waals surface area contributed by atoms with Gasteiger partial charge in [-0.15, -0.1) is 0 Å². The van der Waals surface area contributed by atoms with Gasteiger partial charge in [-0.05, 0) is 25.1 Å². The largest absolute Gasteiger partial charge is 0.496 e. The van der Waals surface area contributed by atoms with Crippen LogP contribution in [-0.4, -0.2) is 29.7 Å². The summed E-state index contributed by atoms with van der Waals surface area (Å²) < 4.78 is 52.5. The van der Waals surface area contributed by atoms with E-state index in [0.29, 0.717) is 11.3 Å². The Hall–Kier alpha value is -0.830. The molecular weight excluding hydrogens is 314 g/mol. The van der Waals surface area contributed by atoms with Crippen molar-refractivity contribution in [1.82, 2.24) is 4.72 Å². The second-order valence-corrected chi connectivity index (χ2v) is 8.30. The lowest BCUT2D eigenvalue weighted by Gasteiger charge is -2.10. The van der Waals surface area contributed by atoms with Crippen molar-refractivity contribution in [3.05, 3.63) is 23.8 Å². The zero-order valence-electron chi connectivity index (χ0n) is 10.4. The molecule has 0 heterocycles. The first-order chi connectivity index (χ1) is 8.69. The van der Waals surface area contributed by atoms with E-state index in [9.17, 15) is 16.8 Å². The summed E-state index contributed by atoms with van der Waals surface area (Å²) >= 11 is 0. The highest BCUT2D eigenvalue weighted by atomic mass is 35.7. The van der Waals surface area contributed by atoms with Crippen molar-refractivity contribution in [3.8, 4) is 5.75 Å². The summed E-state index contributed by atoms with van der Waals surface area (Å²) in [6.07, 6.45) is 0. The smallest absolute Gasteiger partial charge is 0.261 e. The van der Waals surface area contributed by atoms with Gasteiger partial charge in [0.2, 0.25) is 10.0 Å².